The monoisotopic (exact) mass is 550 g/mol. The van der Waals surface area contributed by atoms with Gasteiger partial charge in [0.25, 0.3) is 0 Å². The number of nitrogens with zero attached hydrogens (tertiary/aromatic N) is 2. The highest BCUT2D eigenvalue weighted by Crippen LogP contribution is 2.24. The summed E-state index contributed by atoms with van der Waals surface area (Å²) in [6, 6.07) is 15.0. The number of aliphatic hydroxyl groups is 1. The minimum atomic E-state index is -3.91. The highest BCUT2D eigenvalue weighted by Gasteiger charge is 2.35. The Bertz CT molecular complexity index is 1090. The zero-order valence-corrected chi connectivity index (χ0v) is 23.6. The topological polar surface area (TPSA) is 96.4 Å². The summed E-state index contributed by atoms with van der Waals surface area (Å²) in [5.41, 5.74) is 0.927. The second-order valence-corrected chi connectivity index (χ2v) is 12.8. The van der Waals surface area contributed by atoms with Crippen LogP contribution in [0.15, 0.2) is 59.5 Å². The van der Waals surface area contributed by atoms with E-state index in [0.717, 1.165) is 23.5 Å². The van der Waals surface area contributed by atoms with Gasteiger partial charge < -0.3 is 19.5 Å². The van der Waals surface area contributed by atoms with Gasteiger partial charge in [-0.15, -0.1) is 0 Å². The molecule has 0 radical (unpaired) electrons. The average molecular weight is 551 g/mol. The molecule has 10 heteroatoms. The lowest BCUT2D eigenvalue weighted by Gasteiger charge is -2.35. The largest absolute Gasteiger partial charge is 0.497 e. The van der Waals surface area contributed by atoms with Crippen LogP contribution >= 0.6 is 11.8 Å². The van der Waals surface area contributed by atoms with Crippen molar-refractivity contribution in [2.24, 2.45) is 5.92 Å². The number of likely N-dealkylation sites (N-methyl/N-ethyl adjacent to an activating group) is 1. The number of carbonyl (C=O) groups excluding carboxylic acids is 1. The van der Waals surface area contributed by atoms with Gasteiger partial charge in [0.2, 0.25) is 10.0 Å². The van der Waals surface area contributed by atoms with E-state index in [4.69, 9.17) is 9.47 Å². The maximum absolute atomic E-state index is 13.6. The van der Waals surface area contributed by atoms with Gasteiger partial charge in [0.1, 0.15) is 11.9 Å². The molecule has 1 heterocycles. The van der Waals surface area contributed by atoms with Crippen molar-refractivity contribution in [3.63, 3.8) is 0 Å². The summed E-state index contributed by atoms with van der Waals surface area (Å²) in [6.07, 6.45) is -0.658. The van der Waals surface area contributed by atoms with E-state index in [0.29, 0.717) is 12.2 Å². The lowest BCUT2D eigenvalue weighted by Crippen LogP contribution is -2.52. The third-order valence-electron chi connectivity index (χ3n) is 6.33. The number of amides is 1. The fourth-order valence-corrected chi connectivity index (χ4v) is 6.97. The third kappa shape index (κ3) is 8.10. The number of ether oxygens (including phenoxy) is 2. The van der Waals surface area contributed by atoms with E-state index in [1.54, 1.807) is 30.9 Å². The predicted octanol–water partition coefficient (Wildman–Crippen LogP) is 3.89. The number of aliphatic hydroxyl groups excluding tert-OH is 1. The maximum atomic E-state index is 13.6. The number of hydrogen-bond acceptors (Lipinski definition) is 7. The van der Waals surface area contributed by atoms with Gasteiger partial charge in [0, 0.05) is 25.9 Å². The lowest BCUT2D eigenvalue weighted by molar-refractivity contribution is 0.0243. The molecule has 0 bridgehead atoms. The Morgan fingerprint density at radius 3 is 2.35 bits per heavy atom. The number of sulfonamides is 1. The summed E-state index contributed by atoms with van der Waals surface area (Å²) < 4.78 is 39.3. The van der Waals surface area contributed by atoms with Crippen LogP contribution in [0.4, 0.5) is 4.79 Å². The molecule has 3 rings (SSSR count). The quantitative estimate of drug-likeness (QED) is 0.428. The summed E-state index contributed by atoms with van der Waals surface area (Å²) in [7, 11) is -0.785. The molecule has 0 spiro atoms. The summed E-state index contributed by atoms with van der Waals surface area (Å²) in [4.78, 5) is 14.5. The molecule has 8 nitrogen and oxygen atoms in total. The Labute approximate surface area is 225 Å². The van der Waals surface area contributed by atoms with E-state index in [9.17, 15) is 18.3 Å². The van der Waals surface area contributed by atoms with Crippen molar-refractivity contribution in [2.45, 2.75) is 49.8 Å². The van der Waals surface area contributed by atoms with Crippen molar-refractivity contribution in [1.29, 1.82) is 0 Å². The molecule has 37 heavy (non-hydrogen) atoms. The molecule has 1 aliphatic rings. The number of methoxy groups -OCH3 is 1. The van der Waals surface area contributed by atoms with Crippen LogP contribution in [-0.4, -0.2) is 85.8 Å². The van der Waals surface area contributed by atoms with Crippen LogP contribution in [0.5, 0.6) is 5.75 Å². The Balaban J connectivity index is 1.85. The SMILES string of the molecule is COc1ccc(S(=O)(=O)N(CC(C)C)CC(O)C(Cc2ccccc2)N(C)C(=O)OC2CCSC2)cc1. The highest BCUT2D eigenvalue weighted by atomic mass is 32.2. The van der Waals surface area contributed by atoms with E-state index >= 15 is 0 Å². The minimum absolute atomic E-state index is 0.0235. The Morgan fingerprint density at radius 1 is 1.11 bits per heavy atom. The van der Waals surface area contributed by atoms with Crippen LogP contribution in [0, 0.1) is 5.92 Å². The van der Waals surface area contributed by atoms with Crippen LogP contribution in [0.25, 0.3) is 0 Å². The number of carbonyl (C=O) groups is 1. The van der Waals surface area contributed by atoms with Gasteiger partial charge in [-0.05, 0) is 54.3 Å². The van der Waals surface area contributed by atoms with Gasteiger partial charge in [-0.3, -0.25) is 0 Å². The average Bonchev–Trinajstić information content (AvgIpc) is 3.39. The van der Waals surface area contributed by atoms with Gasteiger partial charge in [0.05, 0.1) is 24.2 Å². The van der Waals surface area contributed by atoms with E-state index in [1.165, 1.54) is 28.4 Å². The standard InChI is InChI=1S/C27H38N2O6S2/c1-20(2)17-29(37(32,33)24-12-10-22(34-4)11-13-24)18-26(30)25(16-21-8-6-5-7-9-21)28(3)27(31)35-23-14-15-36-19-23/h5-13,20,23,25-26,30H,14-19H2,1-4H3. The molecule has 1 amide bonds. The Hall–Kier alpha value is -2.27. The van der Waals surface area contributed by atoms with Crippen LogP contribution in [0.1, 0.15) is 25.8 Å². The molecule has 1 fully saturated rings. The normalized spacial score (nSPS) is 17.5. The van der Waals surface area contributed by atoms with Crippen molar-refractivity contribution < 1.29 is 27.8 Å². The van der Waals surface area contributed by atoms with E-state index in [-0.39, 0.29) is 30.0 Å². The first kappa shape index (κ1) is 29.3. The molecule has 204 valence electrons. The maximum Gasteiger partial charge on any atom is 0.410 e. The number of benzene rings is 2. The van der Waals surface area contributed by atoms with Gasteiger partial charge >= 0.3 is 6.09 Å². The van der Waals surface area contributed by atoms with Gasteiger partial charge in [-0.2, -0.15) is 16.1 Å². The fourth-order valence-electron chi connectivity index (χ4n) is 4.26. The number of hydrogen-bond donors (Lipinski definition) is 1. The zero-order chi connectivity index (χ0) is 27.0. The van der Waals surface area contributed by atoms with Crippen molar-refractivity contribution in [2.75, 3.05) is 38.8 Å². The van der Waals surface area contributed by atoms with Crippen molar-refractivity contribution in [1.82, 2.24) is 9.21 Å². The molecule has 3 atom stereocenters. The first-order chi connectivity index (χ1) is 17.6. The summed E-state index contributed by atoms with van der Waals surface area (Å²) in [5.74, 6) is 2.28. The van der Waals surface area contributed by atoms with E-state index < -0.39 is 28.3 Å². The van der Waals surface area contributed by atoms with Crippen molar-refractivity contribution in [3.8, 4) is 5.75 Å². The second kappa shape index (κ2) is 13.5. The van der Waals surface area contributed by atoms with Gasteiger partial charge in [-0.25, -0.2) is 13.2 Å². The van der Waals surface area contributed by atoms with Crippen LogP contribution in [-0.2, 0) is 21.2 Å². The summed E-state index contributed by atoms with van der Waals surface area (Å²) in [6.45, 7) is 3.90. The molecule has 1 aliphatic heterocycles. The summed E-state index contributed by atoms with van der Waals surface area (Å²) in [5, 5.41) is 11.4. The predicted molar refractivity (Wildman–Crippen MR) is 147 cm³/mol. The molecule has 1 saturated heterocycles. The molecule has 2 aromatic carbocycles. The smallest absolute Gasteiger partial charge is 0.410 e. The first-order valence-electron chi connectivity index (χ1n) is 12.5. The first-order valence-corrected chi connectivity index (χ1v) is 15.1. The van der Waals surface area contributed by atoms with Crippen LogP contribution in [0.3, 0.4) is 0 Å². The number of rotatable bonds is 12. The molecule has 1 N–H and O–H groups in total. The fraction of sp³-hybridized carbons (Fsp3) is 0.519. The third-order valence-corrected chi connectivity index (χ3v) is 9.31. The van der Waals surface area contributed by atoms with Gasteiger partial charge in [-0.1, -0.05) is 44.2 Å². The lowest BCUT2D eigenvalue weighted by atomic mass is 10.00. The van der Waals surface area contributed by atoms with E-state index in [2.05, 4.69) is 0 Å². The Morgan fingerprint density at radius 2 is 1.78 bits per heavy atom. The molecular weight excluding hydrogens is 512 g/mol. The minimum Gasteiger partial charge on any atom is -0.497 e. The molecular formula is C27H38N2O6S2. The van der Waals surface area contributed by atoms with Crippen molar-refractivity contribution in [3.05, 3.63) is 60.2 Å². The molecule has 0 saturated carbocycles. The Kier molecular flexibility index (Phi) is 10.7. The highest BCUT2D eigenvalue weighted by molar-refractivity contribution is 7.99. The van der Waals surface area contributed by atoms with Gasteiger partial charge in [0.15, 0.2) is 0 Å². The van der Waals surface area contributed by atoms with Crippen LogP contribution in [0.2, 0.25) is 0 Å². The molecule has 0 aromatic heterocycles. The number of thioether (sulfide) groups is 1. The summed E-state index contributed by atoms with van der Waals surface area (Å²) >= 11 is 1.74. The zero-order valence-electron chi connectivity index (χ0n) is 21.9. The second-order valence-electron chi connectivity index (χ2n) is 9.70. The van der Waals surface area contributed by atoms with Crippen LogP contribution < -0.4 is 4.74 Å². The molecule has 2 aromatic rings. The molecule has 0 aliphatic carbocycles. The molecule has 3 unspecified atom stereocenters. The van der Waals surface area contributed by atoms with E-state index in [1.807, 2.05) is 44.2 Å². The van der Waals surface area contributed by atoms with Crippen molar-refractivity contribution >= 4 is 27.9 Å².